The fourth-order valence-electron chi connectivity index (χ4n) is 0.994. The number of aryl methyl sites for hydroxylation is 1. The van der Waals surface area contributed by atoms with Crippen molar-refractivity contribution in [2.75, 3.05) is 6.54 Å². The monoisotopic (exact) mass is 181 g/mol. The van der Waals surface area contributed by atoms with E-state index in [1.807, 2.05) is 13.8 Å². The normalized spacial score (nSPS) is 10.0. The highest BCUT2D eigenvalue weighted by Gasteiger charge is 2.05. The van der Waals surface area contributed by atoms with Crippen LogP contribution in [0.15, 0.2) is 12.4 Å². The third-order valence-electron chi connectivity index (χ3n) is 1.75. The molecule has 72 valence electrons. The first kappa shape index (κ1) is 9.77. The van der Waals surface area contributed by atoms with Crippen molar-refractivity contribution in [3.05, 3.63) is 18.0 Å². The number of rotatable bonds is 4. The van der Waals surface area contributed by atoms with Gasteiger partial charge < -0.3 is 5.32 Å². The predicted octanol–water partition coefficient (Wildman–Crippen LogP) is 1.04. The Morgan fingerprint density at radius 1 is 1.62 bits per heavy atom. The van der Waals surface area contributed by atoms with Gasteiger partial charge in [0.05, 0.1) is 11.8 Å². The number of hydrogen-bond acceptors (Lipinski definition) is 2. The van der Waals surface area contributed by atoms with Gasteiger partial charge in [0.15, 0.2) is 0 Å². The van der Waals surface area contributed by atoms with E-state index in [0.717, 1.165) is 19.5 Å². The molecule has 0 aromatic carbocycles. The van der Waals surface area contributed by atoms with Crippen LogP contribution in [0.2, 0.25) is 0 Å². The largest absolute Gasteiger partial charge is 0.352 e. The first-order valence-electron chi connectivity index (χ1n) is 4.58. The van der Waals surface area contributed by atoms with Crippen molar-refractivity contribution in [2.45, 2.75) is 26.8 Å². The summed E-state index contributed by atoms with van der Waals surface area (Å²) in [5.74, 6) is -0.0402. The predicted molar refractivity (Wildman–Crippen MR) is 50.5 cm³/mol. The number of nitrogens with zero attached hydrogens (tertiary/aromatic N) is 2. The number of carbonyl (C=O) groups excluding carboxylic acids is 1. The van der Waals surface area contributed by atoms with Crippen LogP contribution in [-0.2, 0) is 6.54 Å². The average Bonchev–Trinajstić information content (AvgIpc) is 2.62. The highest BCUT2D eigenvalue weighted by Crippen LogP contribution is 1.96. The van der Waals surface area contributed by atoms with Crippen LogP contribution in [0.5, 0.6) is 0 Å². The minimum Gasteiger partial charge on any atom is -0.352 e. The van der Waals surface area contributed by atoms with E-state index in [2.05, 4.69) is 10.4 Å². The maximum absolute atomic E-state index is 11.4. The van der Waals surface area contributed by atoms with Gasteiger partial charge in [-0.2, -0.15) is 5.10 Å². The van der Waals surface area contributed by atoms with Crippen molar-refractivity contribution in [3.8, 4) is 0 Å². The Balaban J connectivity index is 2.55. The summed E-state index contributed by atoms with van der Waals surface area (Å²) < 4.78 is 1.74. The minimum absolute atomic E-state index is 0.0402. The first-order chi connectivity index (χ1) is 6.27. The lowest BCUT2D eigenvalue weighted by atomic mass is 10.3. The molecule has 0 saturated carbocycles. The van der Waals surface area contributed by atoms with Gasteiger partial charge in [-0.15, -0.1) is 0 Å². The Labute approximate surface area is 77.9 Å². The van der Waals surface area contributed by atoms with E-state index >= 15 is 0 Å². The van der Waals surface area contributed by atoms with Crippen molar-refractivity contribution in [3.63, 3.8) is 0 Å². The molecule has 0 saturated heterocycles. The summed E-state index contributed by atoms with van der Waals surface area (Å²) in [6, 6.07) is 0. The van der Waals surface area contributed by atoms with Crippen LogP contribution in [0, 0.1) is 0 Å². The zero-order valence-electron chi connectivity index (χ0n) is 8.08. The van der Waals surface area contributed by atoms with Gasteiger partial charge >= 0.3 is 0 Å². The van der Waals surface area contributed by atoms with E-state index in [0.29, 0.717) is 5.56 Å². The number of nitrogens with one attached hydrogen (secondary N) is 1. The maximum Gasteiger partial charge on any atom is 0.254 e. The van der Waals surface area contributed by atoms with Crippen LogP contribution in [0.4, 0.5) is 0 Å². The second-order valence-corrected chi connectivity index (χ2v) is 2.84. The second kappa shape index (κ2) is 4.64. The molecule has 0 atom stereocenters. The molecule has 0 radical (unpaired) electrons. The average molecular weight is 181 g/mol. The fraction of sp³-hybridized carbons (Fsp3) is 0.556. The molecule has 1 aromatic heterocycles. The molecule has 0 spiro atoms. The van der Waals surface area contributed by atoms with Crippen molar-refractivity contribution >= 4 is 5.91 Å². The van der Waals surface area contributed by atoms with E-state index < -0.39 is 0 Å². The molecular weight excluding hydrogens is 166 g/mol. The van der Waals surface area contributed by atoms with Gasteiger partial charge in [0.1, 0.15) is 0 Å². The molecule has 0 aliphatic rings. The minimum atomic E-state index is -0.0402. The summed E-state index contributed by atoms with van der Waals surface area (Å²) in [7, 11) is 0. The summed E-state index contributed by atoms with van der Waals surface area (Å²) in [6.07, 6.45) is 4.30. The van der Waals surface area contributed by atoms with E-state index in [4.69, 9.17) is 0 Å². The fourth-order valence-corrected chi connectivity index (χ4v) is 0.994. The molecule has 0 unspecified atom stereocenters. The summed E-state index contributed by atoms with van der Waals surface area (Å²) in [5, 5.41) is 6.81. The van der Waals surface area contributed by atoms with Gasteiger partial charge in [-0.05, 0) is 13.3 Å². The zero-order chi connectivity index (χ0) is 9.68. The van der Waals surface area contributed by atoms with E-state index in [-0.39, 0.29) is 5.91 Å². The van der Waals surface area contributed by atoms with Gasteiger partial charge in [0, 0.05) is 19.3 Å². The van der Waals surface area contributed by atoms with Crippen LogP contribution in [0.1, 0.15) is 30.6 Å². The highest BCUT2D eigenvalue weighted by molar-refractivity contribution is 5.93. The topological polar surface area (TPSA) is 46.9 Å². The lowest BCUT2D eigenvalue weighted by Gasteiger charge is -1.99. The molecule has 4 heteroatoms. The third-order valence-corrected chi connectivity index (χ3v) is 1.75. The van der Waals surface area contributed by atoms with Crippen LogP contribution < -0.4 is 5.32 Å². The maximum atomic E-state index is 11.4. The zero-order valence-corrected chi connectivity index (χ0v) is 8.08. The molecule has 4 nitrogen and oxygen atoms in total. The quantitative estimate of drug-likeness (QED) is 0.754. The first-order valence-corrected chi connectivity index (χ1v) is 4.58. The summed E-state index contributed by atoms with van der Waals surface area (Å²) in [4.78, 5) is 11.4. The van der Waals surface area contributed by atoms with Crippen molar-refractivity contribution in [1.29, 1.82) is 0 Å². The molecule has 0 aliphatic carbocycles. The molecule has 0 aliphatic heterocycles. The Kier molecular flexibility index (Phi) is 3.49. The molecule has 1 aromatic rings. The van der Waals surface area contributed by atoms with Crippen LogP contribution in [0.3, 0.4) is 0 Å². The second-order valence-electron chi connectivity index (χ2n) is 2.84. The Morgan fingerprint density at radius 2 is 2.38 bits per heavy atom. The molecule has 0 bridgehead atoms. The van der Waals surface area contributed by atoms with Crippen molar-refractivity contribution in [1.82, 2.24) is 15.1 Å². The third kappa shape index (κ3) is 2.57. The SMILES string of the molecule is CCCNC(=O)c1cnn(CC)c1. The Morgan fingerprint density at radius 3 is 2.92 bits per heavy atom. The number of hydrogen-bond donors (Lipinski definition) is 1. The standard InChI is InChI=1S/C9H15N3O/c1-3-5-10-9(13)8-6-11-12(4-2)7-8/h6-7H,3-5H2,1-2H3,(H,10,13). The lowest BCUT2D eigenvalue weighted by molar-refractivity contribution is 0.0953. The summed E-state index contributed by atoms with van der Waals surface area (Å²) >= 11 is 0. The van der Waals surface area contributed by atoms with Gasteiger partial charge in [-0.25, -0.2) is 0 Å². The van der Waals surface area contributed by atoms with Gasteiger partial charge in [0.2, 0.25) is 0 Å². The number of aromatic nitrogens is 2. The van der Waals surface area contributed by atoms with E-state index in [9.17, 15) is 4.79 Å². The van der Waals surface area contributed by atoms with Gasteiger partial charge in [-0.1, -0.05) is 6.92 Å². The molecular formula is C9H15N3O. The highest BCUT2D eigenvalue weighted by atomic mass is 16.1. The molecule has 1 rings (SSSR count). The molecule has 1 heterocycles. The van der Waals surface area contributed by atoms with E-state index in [1.165, 1.54) is 0 Å². The van der Waals surface area contributed by atoms with Crippen LogP contribution in [-0.4, -0.2) is 22.2 Å². The van der Waals surface area contributed by atoms with E-state index in [1.54, 1.807) is 17.1 Å². The van der Waals surface area contributed by atoms with Crippen molar-refractivity contribution < 1.29 is 4.79 Å². The van der Waals surface area contributed by atoms with Gasteiger partial charge in [-0.3, -0.25) is 9.48 Å². The Bertz CT molecular complexity index is 280. The molecule has 1 amide bonds. The molecule has 13 heavy (non-hydrogen) atoms. The lowest BCUT2D eigenvalue weighted by Crippen LogP contribution is -2.23. The summed E-state index contributed by atoms with van der Waals surface area (Å²) in [6.45, 7) is 5.52. The molecule has 1 N–H and O–H groups in total. The Hall–Kier alpha value is -1.32. The van der Waals surface area contributed by atoms with Crippen LogP contribution >= 0.6 is 0 Å². The smallest absolute Gasteiger partial charge is 0.254 e. The number of amides is 1. The summed E-state index contributed by atoms with van der Waals surface area (Å²) in [5.41, 5.74) is 0.635. The number of carbonyl (C=O) groups is 1. The molecule has 0 fully saturated rings. The van der Waals surface area contributed by atoms with Crippen molar-refractivity contribution in [2.24, 2.45) is 0 Å². The van der Waals surface area contributed by atoms with Gasteiger partial charge in [0.25, 0.3) is 5.91 Å². The van der Waals surface area contributed by atoms with Crippen LogP contribution in [0.25, 0.3) is 0 Å².